The second kappa shape index (κ2) is 9.84. The highest BCUT2D eigenvalue weighted by Crippen LogP contribution is 2.22. The molecule has 0 saturated heterocycles. The fourth-order valence-electron chi connectivity index (χ4n) is 2.87. The van der Waals surface area contributed by atoms with Gasteiger partial charge in [-0.3, -0.25) is 4.79 Å². The maximum absolute atomic E-state index is 12.7. The van der Waals surface area contributed by atoms with E-state index >= 15 is 0 Å². The molecule has 0 spiro atoms. The first-order valence-electron chi connectivity index (χ1n) is 8.79. The lowest BCUT2D eigenvalue weighted by Crippen LogP contribution is -2.37. The first-order valence-corrected chi connectivity index (χ1v) is 8.79. The first-order chi connectivity index (χ1) is 12.1. The maximum Gasteiger partial charge on any atom is 0.223 e. The number of ether oxygens (including phenoxy) is 1. The van der Waals surface area contributed by atoms with Gasteiger partial charge in [0, 0.05) is 26.1 Å². The number of carbonyl (C=O) groups excluding carboxylic acids is 1. The molecule has 0 fully saturated rings. The Kier molecular flexibility index (Phi) is 7.48. The van der Waals surface area contributed by atoms with Crippen molar-refractivity contribution in [1.29, 1.82) is 0 Å². The number of carbonyl (C=O) groups is 1. The van der Waals surface area contributed by atoms with Crippen molar-refractivity contribution in [3.63, 3.8) is 0 Å². The van der Waals surface area contributed by atoms with E-state index in [0.717, 1.165) is 17.7 Å². The lowest BCUT2D eigenvalue weighted by Gasteiger charge is -2.24. The van der Waals surface area contributed by atoms with Crippen LogP contribution in [0.1, 0.15) is 30.4 Å². The Morgan fingerprint density at radius 3 is 2.36 bits per heavy atom. The monoisotopic (exact) mass is 340 g/mol. The van der Waals surface area contributed by atoms with Crippen LogP contribution < -0.4 is 10.5 Å². The summed E-state index contributed by atoms with van der Waals surface area (Å²) in [6.07, 6.45) is 1.34. The number of nitrogens with zero attached hydrogens (tertiary/aromatic N) is 1. The van der Waals surface area contributed by atoms with E-state index in [1.165, 1.54) is 5.56 Å². The summed E-state index contributed by atoms with van der Waals surface area (Å²) in [5, 5.41) is 0. The van der Waals surface area contributed by atoms with Crippen molar-refractivity contribution in [2.75, 3.05) is 26.7 Å². The van der Waals surface area contributed by atoms with Gasteiger partial charge in [0.1, 0.15) is 5.75 Å². The van der Waals surface area contributed by atoms with E-state index in [1.807, 2.05) is 47.4 Å². The molecule has 0 aliphatic heterocycles. The van der Waals surface area contributed by atoms with Gasteiger partial charge in [-0.2, -0.15) is 0 Å². The molecule has 1 amide bonds. The lowest BCUT2D eigenvalue weighted by molar-refractivity contribution is -0.131. The van der Waals surface area contributed by atoms with Crippen molar-refractivity contribution in [2.24, 2.45) is 5.73 Å². The number of benzene rings is 2. The zero-order valence-corrected chi connectivity index (χ0v) is 15.2. The van der Waals surface area contributed by atoms with Gasteiger partial charge in [0.05, 0.1) is 7.11 Å². The van der Waals surface area contributed by atoms with Gasteiger partial charge in [-0.1, -0.05) is 49.4 Å². The Labute approximate surface area is 150 Å². The Morgan fingerprint density at radius 2 is 1.76 bits per heavy atom. The minimum Gasteiger partial charge on any atom is -0.497 e. The van der Waals surface area contributed by atoms with Crippen LogP contribution in [-0.4, -0.2) is 37.6 Å². The fraction of sp³-hybridized carbons (Fsp3) is 0.381. The summed E-state index contributed by atoms with van der Waals surface area (Å²) in [6, 6.07) is 18.1. The summed E-state index contributed by atoms with van der Waals surface area (Å²) in [4.78, 5) is 14.6. The summed E-state index contributed by atoms with van der Waals surface area (Å²) in [5.41, 5.74) is 8.08. The van der Waals surface area contributed by atoms with Gasteiger partial charge in [-0.15, -0.1) is 0 Å². The standard InChI is InChI=1S/C21H28N2O2/c1-17(19-8-10-20(25-2)11-9-19)16-21(24)23(15-13-22)14-12-18-6-4-3-5-7-18/h3-11,17H,12-16,22H2,1-2H3. The van der Waals surface area contributed by atoms with E-state index in [-0.39, 0.29) is 11.8 Å². The molecule has 2 N–H and O–H groups in total. The van der Waals surface area contributed by atoms with E-state index in [4.69, 9.17) is 10.5 Å². The van der Waals surface area contributed by atoms with Gasteiger partial charge in [0.15, 0.2) is 0 Å². The van der Waals surface area contributed by atoms with Crippen LogP contribution in [0, 0.1) is 0 Å². The Balaban J connectivity index is 1.93. The number of methoxy groups -OCH3 is 1. The predicted octanol–water partition coefficient (Wildman–Crippen LogP) is 3.22. The van der Waals surface area contributed by atoms with Gasteiger partial charge in [0.2, 0.25) is 5.91 Å². The topological polar surface area (TPSA) is 55.6 Å². The highest BCUT2D eigenvalue weighted by molar-refractivity contribution is 5.77. The molecular weight excluding hydrogens is 312 g/mol. The predicted molar refractivity (Wildman–Crippen MR) is 102 cm³/mol. The van der Waals surface area contributed by atoms with E-state index in [2.05, 4.69) is 19.1 Å². The molecule has 2 rings (SSSR count). The number of nitrogens with two attached hydrogens (primary N) is 1. The van der Waals surface area contributed by atoms with E-state index in [1.54, 1.807) is 7.11 Å². The van der Waals surface area contributed by atoms with Gasteiger partial charge in [0.25, 0.3) is 0 Å². The molecule has 0 aromatic heterocycles. The van der Waals surface area contributed by atoms with Gasteiger partial charge < -0.3 is 15.4 Å². The molecule has 2 aromatic rings. The molecule has 4 nitrogen and oxygen atoms in total. The molecule has 0 saturated carbocycles. The molecule has 1 unspecified atom stereocenters. The van der Waals surface area contributed by atoms with Gasteiger partial charge in [-0.25, -0.2) is 0 Å². The van der Waals surface area contributed by atoms with Crippen LogP contribution in [0.15, 0.2) is 54.6 Å². The van der Waals surface area contributed by atoms with Crippen LogP contribution in [0.25, 0.3) is 0 Å². The molecule has 0 heterocycles. The van der Waals surface area contributed by atoms with Crippen LogP contribution in [0.2, 0.25) is 0 Å². The number of hydrogen-bond acceptors (Lipinski definition) is 3. The Bertz CT molecular complexity index is 641. The van der Waals surface area contributed by atoms with E-state index < -0.39 is 0 Å². The van der Waals surface area contributed by atoms with E-state index in [9.17, 15) is 4.79 Å². The van der Waals surface area contributed by atoms with Crippen LogP contribution in [-0.2, 0) is 11.2 Å². The molecule has 134 valence electrons. The van der Waals surface area contributed by atoms with Crippen LogP contribution in [0.3, 0.4) is 0 Å². The third-order valence-electron chi connectivity index (χ3n) is 4.43. The molecule has 0 aliphatic carbocycles. The van der Waals surface area contributed by atoms with Crippen molar-refractivity contribution in [3.05, 3.63) is 65.7 Å². The summed E-state index contributed by atoms with van der Waals surface area (Å²) in [7, 11) is 1.65. The minimum atomic E-state index is 0.157. The van der Waals surface area contributed by atoms with Gasteiger partial charge >= 0.3 is 0 Å². The van der Waals surface area contributed by atoms with Crippen molar-refractivity contribution in [2.45, 2.75) is 25.7 Å². The fourth-order valence-corrected chi connectivity index (χ4v) is 2.87. The molecule has 2 aromatic carbocycles. The molecular formula is C21H28N2O2. The summed E-state index contributed by atoms with van der Waals surface area (Å²) >= 11 is 0. The average Bonchev–Trinajstić information content (AvgIpc) is 2.65. The first kappa shape index (κ1) is 19.0. The normalized spacial score (nSPS) is 11.8. The highest BCUT2D eigenvalue weighted by Gasteiger charge is 2.17. The number of rotatable bonds is 9. The zero-order valence-electron chi connectivity index (χ0n) is 15.2. The smallest absolute Gasteiger partial charge is 0.223 e. The number of hydrogen-bond donors (Lipinski definition) is 1. The second-order valence-corrected chi connectivity index (χ2v) is 6.28. The second-order valence-electron chi connectivity index (χ2n) is 6.28. The summed E-state index contributed by atoms with van der Waals surface area (Å²) < 4.78 is 5.19. The minimum absolute atomic E-state index is 0.157. The average molecular weight is 340 g/mol. The molecule has 0 bridgehead atoms. The molecule has 4 heteroatoms. The van der Waals surface area contributed by atoms with Crippen molar-refractivity contribution < 1.29 is 9.53 Å². The number of amides is 1. The third-order valence-corrected chi connectivity index (χ3v) is 4.43. The highest BCUT2D eigenvalue weighted by atomic mass is 16.5. The zero-order chi connectivity index (χ0) is 18.1. The summed E-state index contributed by atoms with van der Waals surface area (Å²) in [5.74, 6) is 1.15. The van der Waals surface area contributed by atoms with Gasteiger partial charge in [-0.05, 0) is 35.6 Å². The Morgan fingerprint density at radius 1 is 1.08 bits per heavy atom. The van der Waals surface area contributed by atoms with Crippen LogP contribution in [0.5, 0.6) is 5.75 Å². The molecule has 1 atom stereocenters. The Hall–Kier alpha value is -2.33. The van der Waals surface area contributed by atoms with Crippen LogP contribution >= 0.6 is 0 Å². The molecule has 0 aliphatic rings. The SMILES string of the molecule is COc1ccc(C(C)CC(=O)N(CCN)CCc2ccccc2)cc1. The van der Waals surface area contributed by atoms with E-state index in [0.29, 0.717) is 26.1 Å². The largest absolute Gasteiger partial charge is 0.497 e. The van der Waals surface area contributed by atoms with Crippen molar-refractivity contribution in [3.8, 4) is 5.75 Å². The molecule has 25 heavy (non-hydrogen) atoms. The van der Waals surface area contributed by atoms with Crippen LogP contribution in [0.4, 0.5) is 0 Å². The molecule has 0 radical (unpaired) electrons. The quantitative estimate of drug-likeness (QED) is 0.762. The lowest BCUT2D eigenvalue weighted by atomic mass is 9.97. The summed E-state index contributed by atoms with van der Waals surface area (Å²) in [6.45, 7) is 3.87. The third kappa shape index (κ3) is 5.91. The van der Waals surface area contributed by atoms with Crippen molar-refractivity contribution in [1.82, 2.24) is 4.90 Å². The van der Waals surface area contributed by atoms with Crippen molar-refractivity contribution >= 4 is 5.91 Å². The maximum atomic E-state index is 12.7.